The van der Waals surface area contributed by atoms with Crippen molar-refractivity contribution in [2.75, 3.05) is 11.1 Å². The van der Waals surface area contributed by atoms with Gasteiger partial charge in [0.2, 0.25) is 0 Å². The molecule has 1 aromatic heterocycles. The van der Waals surface area contributed by atoms with Crippen LogP contribution in [-0.4, -0.2) is 9.78 Å². The predicted molar refractivity (Wildman–Crippen MR) is 66.4 cm³/mol. The fraction of sp³-hybridized carbons (Fsp3) is 0.182. The molecular formula is C11H13ClN4. The van der Waals surface area contributed by atoms with Crippen molar-refractivity contribution in [3.8, 4) is 0 Å². The molecule has 16 heavy (non-hydrogen) atoms. The van der Waals surface area contributed by atoms with E-state index < -0.39 is 0 Å². The Morgan fingerprint density at radius 2 is 2.25 bits per heavy atom. The second-order valence-corrected chi connectivity index (χ2v) is 3.97. The van der Waals surface area contributed by atoms with Gasteiger partial charge in [-0.25, -0.2) is 0 Å². The first kappa shape index (κ1) is 10.8. The van der Waals surface area contributed by atoms with Gasteiger partial charge in [-0.05, 0) is 24.3 Å². The Balaban J connectivity index is 2.10. The van der Waals surface area contributed by atoms with E-state index >= 15 is 0 Å². The molecule has 0 radical (unpaired) electrons. The summed E-state index contributed by atoms with van der Waals surface area (Å²) in [5.41, 5.74) is 8.43. The molecule has 0 aliphatic rings. The van der Waals surface area contributed by atoms with E-state index in [1.807, 2.05) is 23.9 Å². The summed E-state index contributed by atoms with van der Waals surface area (Å²) in [4.78, 5) is 0. The Labute approximate surface area is 99.0 Å². The summed E-state index contributed by atoms with van der Waals surface area (Å²) in [6.07, 6.45) is 1.76. The highest BCUT2D eigenvalue weighted by Crippen LogP contribution is 2.23. The van der Waals surface area contributed by atoms with Gasteiger partial charge in [0.1, 0.15) is 0 Å². The number of nitrogens with one attached hydrogen (secondary N) is 1. The fourth-order valence-corrected chi connectivity index (χ4v) is 1.61. The van der Waals surface area contributed by atoms with Crippen molar-refractivity contribution < 1.29 is 0 Å². The highest BCUT2D eigenvalue weighted by Gasteiger charge is 2.02. The van der Waals surface area contributed by atoms with E-state index in [2.05, 4.69) is 10.4 Å². The second kappa shape index (κ2) is 4.45. The molecule has 5 heteroatoms. The first-order chi connectivity index (χ1) is 7.66. The van der Waals surface area contributed by atoms with Crippen LogP contribution in [0, 0.1) is 0 Å². The number of rotatable bonds is 3. The number of halogens is 1. The Kier molecular flexibility index (Phi) is 3.01. The number of nitrogens with two attached hydrogens (primary N) is 1. The van der Waals surface area contributed by atoms with E-state index in [4.69, 9.17) is 17.3 Å². The van der Waals surface area contributed by atoms with E-state index in [1.165, 1.54) is 0 Å². The molecular weight excluding hydrogens is 224 g/mol. The number of hydrogen-bond donors (Lipinski definition) is 2. The van der Waals surface area contributed by atoms with E-state index in [0.29, 0.717) is 17.3 Å². The molecule has 0 unspecified atom stereocenters. The van der Waals surface area contributed by atoms with Gasteiger partial charge < -0.3 is 11.1 Å². The van der Waals surface area contributed by atoms with Crippen molar-refractivity contribution >= 4 is 23.0 Å². The maximum atomic E-state index is 5.90. The van der Waals surface area contributed by atoms with Crippen molar-refractivity contribution in [1.29, 1.82) is 0 Å². The van der Waals surface area contributed by atoms with E-state index in [0.717, 1.165) is 11.4 Å². The molecule has 4 nitrogen and oxygen atoms in total. The second-order valence-electron chi connectivity index (χ2n) is 3.53. The molecule has 0 atom stereocenters. The first-order valence-electron chi connectivity index (χ1n) is 4.92. The lowest BCUT2D eigenvalue weighted by atomic mass is 10.2. The molecule has 1 heterocycles. The highest BCUT2D eigenvalue weighted by atomic mass is 35.5. The lowest BCUT2D eigenvalue weighted by Gasteiger charge is -2.09. The van der Waals surface area contributed by atoms with Gasteiger partial charge in [0, 0.05) is 18.3 Å². The number of benzene rings is 1. The smallest absolute Gasteiger partial charge is 0.0592 e. The average Bonchev–Trinajstić information content (AvgIpc) is 2.66. The van der Waals surface area contributed by atoms with Crippen LogP contribution in [0.2, 0.25) is 5.02 Å². The standard InChI is InChI=1S/C11H13ClN4/c1-16-9(4-5-15-16)7-14-11-6-8(12)2-3-10(11)13/h2-6,14H,7,13H2,1H3. The van der Waals surface area contributed by atoms with Crippen LogP contribution in [0.3, 0.4) is 0 Å². The van der Waals surface area contributed by atoms with Crippen LogP contribution in [0.1, 0.15) is 5.69 Å². The summed E-state index contributed by atoms with van der Waals surface area (Å²) >= 11 is 5.90. The Morgan fingerprint density at radius 1 is 1.44 bits per heavy atom. The summed E-state index contributed by atoms with van der Waals surface area (Å²) in [6, 6.07) is 7.32. The van der Waals surface area contributed by atoms with Crippen LogP contribution in [0.25, 0.3) is 0 Å². The number of anilines is 2. The van der Waals surface area contributed by atoms with Gasteiger partial charge in [0.25, 0.3) is 0 Å². The van der Waals surface area contributed by atoms with Crippen molar-refractivity contribution in [2.45, 2.75) is 6.54 Å². The largest absolute Gasteiger partial charge is 0.397 e. The van der Waals surface area contributed by atoms with Crippen LogP contribution in [0.5, 0.6) is 0 Å². The van der Waals surface area contributed by atoms with E-state index in [-0.39, 0.29) is 0 Å². The minimum Gasteiger partial charge on any atom is -0.397 e. The number of nitrogens with zero attached hydrogens (tertiary/aromatic N) is 2. The maximum Gasteiger partial charge on any atom is 0.0592 e. The molecule has 1 aromatic carbocycles. The Bertz CT molecular complexity index is 492. The zero-order chi connectivity index (χ0) is 11.5. The zero-order valence-electron chi connectivity index (χ0n) is 8.94. The SMILES string of the molecule is Cn1nccc1CNc1cc(Cl)ccc1N. The molecule has 0 spiro atoms. The van der Waals surface area contributed by atoms with Gasteiger partial charge in [0.05, 0.1) is 23.6 Å². The zero-order valence-corrected chi connectivity index (χ0v) is 9.70. The van der Waals surface area contributed by atoms with Gasteiger partial charge >= 0.3 is 0 Å². The van der Waals surface area contributed by atoms with Gasteiger partial charge in [-0.15, -0.1) is 0 Å². The molecule has 0 aliphatic heterocycles. The van der Waals surface area contributed by atoms with Gasteiger partial charge in [-0.2, -0.15) is 5.10 Å². The molecule has 2 rings (SSSR count). The summed E-state index contributed by atoms with van der Waals surface area (Å²) in [5.74, 6) is 0. The first-order valence-corrected chi connectivity index (χ1v) is 5.30. The average molecular weight is 237 g/mol. The monoisotopic (exact) mass is 236 g/mol. The number of aromatic nitrogens is 2. The molecule has 0 saturated heterocycles. The van der Waals surface area contributed by atoms with Crippen LogP contribution >= 0.6 is 11.6 Å². The molecule has 0 fully saturated rings. The summed E-state index contributed by atoms with van der Waals surface area (Å²) in [7, 11) is 1.90. The molecule has 3 N–H and O–H groups in total. The minimum absolute atomic E-state index is 0.668. The summed E-state index contributed by atoms with van der Waals surface area (Å²) < 4.78 is 1.81. The van der Waals surface area contributed by atoms with Crippen LogP contribution in [-0.2, 0) is 13.6 Å². The molecule has 84 valence electrons. The molecule has 0 amide bonds. The van der Waals surface area contributed by atoms with E-state index in [1.54, 1.807) is 18.3 Å². The third kappa shape index (κ3) is 2.28. The van der Waals surface area contributed by atoms with Gasteiger partial charge in [-0.1, -0.05) is 11.6 Å². The highest BCUT2D eigenvalue weighted by molar-refractivity contribution is 6.31. The van der Waals surface area contributed by atoms with Crippen molar-refractivity contribution in [2.24, 2.45) is 7.05 Å². The molecule has 0 aliphatic carbocycles. The minimum atomic E-state index is 0.668. The van der Waals surface area contributed by atoms with Gasteiger partial charge in [-0.3, -0.25) is 4.68 Å². The van der Waals surface area contributed by atoms with Crippen LogP contribution < -0.4 is 11.1 Å². The third-order valence-electron chi connectivity index (χ3n) is 2.40. The quantitative estimate of drug-likeness (QED) is 0.804. The molecule has 0 saturated carbocycles. The third-order valence-corrected chi connectivity index (χ3v) is 2.63. The Morgan fingerprint density at radius 3 is 2.94 bits per heavy atom. The fourth-order valence-electron chi connectivity index (χ4n) is 1.44. The lowest BCUT2D eigenvalue weighted by Crippen LogP contribution is -2.06. The summed E-state index contributed by atoms with van der Waals surface area (Å²) in [5, 5.41) is 7.98. The number of hydrogen-bond acceptors (Lipinski definition) is 3. The summed E-state index contributed by atoms with van der Waals surface area (Å²) in [6.45, 7) is 0.668. The molecule has 2 aromatic rings. The normalized spacial score (nSPS) is 10.4. The maximum absolute atomic E-state index is 5.90. The van der Waals surface area contributed by atoms with Gasteiger partial charge in [0.15, 0.2) is 0 Å². The van der Waals surface area contributed by atoms with Crippen LogP contribution in [0.4, 0.5) is 11.4 Å². The topological polar surface area (TPSA) is 55.9 Å². The van der Waals surface area contributed by atoms with Crippen molar-refractivity contribution in [3.05, 3.63) is 41.2 Å². The van der Waals surface area contributed by atoms with Crippen molar-refractivity contribution in [1.82, 2.24) is 9.78 Å². The number of nitrogen functional groups attached to an aromatic ring is 1. The van der Waals surface area contributed by atoms with E-state index in [9.17, 15) is 0 Å². The Hall–Kier alpha value is -1.68. The number of aryl methyl sites for hydroxylation is 1. The predicted octanol–water partition coefficient (Wildman–Crippen LogP) is 2.27. The molecule has 0 bridgehead atoms. The van der Waals surface area contributed by atoms with Crippen LogP contribution in [0.15, 0.2) is 30.5 Å². The lowest BCUT2D eigenvalue weighted by molar-refractivity contribution is 0.720. The van der Waals surface area contributed by atoms with Crippen molar-refractivity contribution in [3.63, 3.8) is 0 Å².